The maximum Gasteiger partial charge on any atom is 0.326 e. The summed E-state index contributed by atoms with van der Waals surface area (Å²) in [5.41, 5.74) is 1.72. The van der Waals surface area contributed by atoms with Crippen LogP contribution in [-0.2, 0) is 16.0 Å². The van der Waals surface area contributed by atoms with Crippen molar-refractivity contribution < 1.29 is 19.5 Å². The maximum atomic E-state index is 12.4. The minimum absolute atomic E-state index is 0.0918. The number of aromatic nitrogens is 1. The Labute approximate surface area is 172 Å². The third kappa shape index (κ3) is 6.03. The molecule has 156 valence electrons. The van der Waals surface area contributed by atoms with Gasteiger partial charge in [-0.3, -0.25) is 19.6 Å². The summed E-state index contributed by atoms with van der Waals surface area (Å²) in [6, 6.07) is 9.05. The molecule has 1 unspecified atom stereocenters. The molecule has 1 aliphatic heterocycles. The number of carbonyl (C=O) groups excluding carboxylic acids is 2. The number of carboxylic acid groups (broad SMARTS) is 1. The standard InChI is InChI=1S/C20H22N6O4/c27-17(26-16(19(29)30)9-13-3-2-6-21-11-13)12-24-18(28)14-4-1-5-15(10-14)25-20-22-7-8-23-20/h1-6,10-11,16H,7-9,12H2,(H,24,28)(H,26,27)(H,29,30)(H2,22,23,25). The number of amides is 2. The first-order chi connectivity index (χ1) is 14.5. The number of guanidine groups is 1. The van der Waals surface area contributed by atoms with Crippen molar-refractivity contribution in [2.24, 2.45) is 4.99 Å². The Hall–Kier alpha value is -3.95. The first-order valence-electron chi connectivity index (χ1n) is 9.36. The van der Waals surface area contributed by atoms with Crippen molar-refractivity contribution in [2.45, 2.75) is 12.5 Å². The number of rotatable bonds is 8. The highest BCUT2D eigenvalue weighted by molar-refractivity contribution is 5.99. The summed E-state index contributed by atoms with van der Waals surface area (Å²) < 4.78 is 0. The van der Waals surface area contributed by atoms with E-state index in [1.807, 2.05) is 0 Å². The van der Waals surface area contributed by atoms with Crippen molar-refractivity contribution in [2.75, 3.05) is 25.0 Å². The quantitative estimate of drug-likeness (QED) is 0.412. The van der Waals surface area contributed by atoms with E-state index in [4.69, 9.17) is 0 Å². The normalized spacial score (nSPS) is 13.5. The number of aliphatic carboxylic acids is 1. The van der Waals surface area contributed by atoms with Crippen LogP contribution in [-0.4, -0.2) is 59.5 Å². The molecule has 0 bridgehead atoms. The number of pyridine rings is 1. The molecule has 10 nitrogen and oxygen atoms in total. The Kier molecular flexibility index (Phi) is 6.93. The van der Waals surface area contributed by atoms with Crippen LogP contribution in [0.3, 0.4) is 0 Å². The van der Waals surface area contributed by atoms with Gasteiger partial charge in [0.2, 0.25) is 5.91 Å². The first-order valence-corrected chi connectivity index (χ1v) is 9.36. The predicted molar refractivity (Wildman–Crippen MR) is 110 cm³/mol. The largest absolute Gasteiger partial charge is 0.480 e. The molecule has 0 radical (unpaired) electrons. The summed E-state index contributed by atoms with van der Waals surface area (Å²) in [5, 5.41) is 20.4. The fourth-order valence-corrected chi connectivity index (χ4v) is 2.82. The van der Waals surface area contributed by atoms with E-state index >= 15 is 0 Å². The van der Waals surface area contributed by atoms with Crippen molar-refractivity contribution in [3.63, 3.8) is 0 Å². The van der Waals surface area contributed by atoms with Crippen LogP contribution < -0.4 is 21.3 Å². The highest BCUT2D eigenvalue weighted by Crippen LogP contribution is 2.11. The number of carbonyl (C=O) groups is 3. The molecule has 1 aromatic carbocycles. The topological polar surface area (TPSA) is 145 Å². The summed E-state index contributed by atoms with van der Waals surface area (Å²) in [7, 11) is 0. The minimum atomic E-state index is -1.17. The van der Waals surface area contributed by atoms with Gasteiger partial charge in [0.15, 0.2) is 5.96 Å². The van der Waals surface area contributed by atoms with E-state index in [1.54, 1.807) is 42.6 Å². The van der Waals surface area contributed by atoms with Gasteiger partial charge >= 0.3 is 5.97 Å². The van der Waals surface area contributed by atoms with Gasteiger partial charge in [0, 0.05) is 36.6 Å². The predicted octanol–water partition coefficient (Wildman–Crippen LogP) is -0.00540. The van der Waals surface area contributed by atoms with Crippen molar-refractivity contribution in [1.29, 1.82) is 0 Å². The third-order valence-corrected chi connectivity index (χ3v) is 4.27. The lowest BCUT2D eigenvalue weighted by atomic mass is 10.1. The molecule has 10 heteroatoms. The van der Waals surface area contributed by atoms with Crippen LogP contribution in [0.1, 0.15) is 15.9 Å². The van der Waals surface area contributed by atoms with Gasteiger partial charge in [-0.1, -0.05) is 12.1 Å². The first kappa shape index (κ1) is 20.8. The number of hydrogen-bond acceptors (Lipinski definition) is 7. The third-order valence-electron chi connectivity index (χ3n) is 4.27. The van der Waals surface area contributed by atoms with Gasteiger partial charge in [0.05, 0.1) is 13.1 Å². The zero-order chi connectivity index (χ0) is 21.3. The van der Waals surface area contributed by atoms with Crippen LogP contribution in [0.2, 0.25) is 0 Å². The van der Waals surface area contributed by atoms with Crippen LogP contribution in [0, 0.1) is 0 Å². The zero-order valence-electron chi connectivity index (χ0n) is 16.1. The average molecular weight is 410 g/mol. The van der Waals surface area contributed by atoms with Crippen molar-refractivity contribution in [1.82, 2.24) is 20.9 Å². The Balaban J connectivity index is 1.52. The second-order valence-electron chi connectivity index (χ2n) is 6.57. The van der Waals surface area contributed by atoms with Gasteiger partial charge in [-0.05, 0) is 29.8 Å². The molecule has 0 saturated heterocycles. The monoisotopic (exact) mass is 410 g/mol. The van der Waals surface area contributed by atoms with Crippen LogP contribution in [0.4, 0.5) is 5.69 Å². The summed E-state index contributed by atoms with van der Waals surface area (Å²) >= 11 is 0. The smallest absolute Gasteiger partial charge is 0.326 e. The van der Waals surface area contributed by atoms with Crippen LogP contribution >= 0.6 is 0 Å². The molecule has 0 saturated carbocycles. The van der Waals surface area contributed by atoms with E-state index in [0.29, 0.717) is 29.3 Å². The molecule has 2 aromatic rings. The molecule has 2 amide bonds. The number of nitrogens with zero attached hydrogens (tertiary/aromatic N) is 2. The summed E-state index contributed by atoms with van der Waals surface area (Å²) in [5.74, 6) is -1.58. The number of carboxylic acids is 1. The molecule has 5 N–H and O–H groups in total. The number of benzene rings is 1. The summed E-state index contributed by atoms with van der Waals surface area (Å²) in [4.78, 5) is 44.1. The lowest BCUT2D eigenvalue weighted by Crippen LogP contribution is -2.46. The van der Waals surface area contributed by atoms with E-state index in [0.717, 1.165) is 6.54 Å². The number of aliphatic imine (C=N–C) groups is 1. The fraction of sp³-hybridized carbons (Fsp3) is 0.250. The summed E-state index contributed by atoms with van der Waals surface area (Å²) in [6.45, 7) is 1.10. The van der Waals surface area contributed by atoms with Crippen LogP contribution in [0.5, 0.6) is 0 Å². The van der Waals surface area contributed by atoms with Gasteiger partial charge in [-0.25, -0.2) is 4.79 Å². The fourth-order valence-electron chi connectivity index (χ4n) is 2.82. The molecular formula is C20H22N6O4. The van der Waals surface area contributed by atoms with E-state index < -0.39 is 23.8 Å². The number of nitrogens with one attached hydrogen (secondary N) is 4. The van der Waals surface area contributed by atoms with Gasteiger partial charge in [-0.2, -0.15) is 0 Å². The van der Waals surface area contributed by atoms with Crippen molar-refractivity contribution in [3.8, 4) is 0 Å². The van der Waals surface area contributed by atoms with Gasteiger partial charge in [0.25, 0.3) is 5.91 Å². The highest BCUT2D eigenvalue weighted by Gasteiger charge is 2.21. The van der Waals surface area contributed by atoms with Crippen LogP contribution in [0.15, 0.2) is 53.8 Å². The molecule has 30 heavy (non-hydrogen) atoms. The molecule has 0 aliphatic carbocycles. The molecule has 1 atom stereocenters. The minimum Gasteiger partial charge on any atom is -0.480 e. The maximum absolute atomic E-state index is 12.4. The molecule has 0 spiro atoms. The molecular weight excluding hydrogens is 388 g/mol. The number of hydrogen-bond donors (Lipinski definition) is 5. The second-order valence-corrected chi connectivity index (χ2v) is 6.57. The lowest BCUT2D eigenvalue weighted by molar-refractivity contribution is -0.141. The van der Waals surface area contributed by atoms with Crippen LogP contribution in [0.25, 0.3) is 0 Å². The zero-order valence-corrected chi connectivity index (χ0v) is 16.1. The lowest BCUT2D eigenvalue weighted by Gasteiger charge is -2.15. The SMILES string of the molecule is O=C(CNC(=O)c1cccc(NC2=NCCN2)c1)NC(Cc1cccnc1)C(=O)O. The molecule has 2 heterocycles. The highest BCUT2D eigenvalue weighted by atomic mass is 16.4. The van der Waals surface area contributed by atoms with E-state index in [2.05, 4.69) is 31.2 Å². The average Bonchev–Trinajstić information content (AvgIpc) is 3.25. The molecule has 0 fully saturated rings. The van der Waals surface area contributed by atoms with Crippen molar-refractivity contribution in [3.05, 3.63) is 59.9 Å². The number of anilines is 1. The molecule has 1 aromatic heterocycles. The Bertz CT molecular complexity index is 947. The second kappa shape index (κ2) is 10.0. The Morgan fingerprint density at radius 3 is 2.77 bits per heavy atom. The van der Waals surface area contributed by atoms with E-state index in [1.165, 1.54) is 6.20 Å². The summed E-state index contributed by atoms with van der Waals surface area (Å²) in [6.07, 6.45) is 3.21. The molecule has 1 aliphatic rings. The van der Waals surface area contributed by atoms with E-state index in [9.17, 15) is 19.5 Å². The Morgan fingerprint density at radius 1 is 1.20 bits per heavy atom. The van der Waals surface area contributed by atoms with Gasteiger partial charge < -0.3 is 26.4 Å². The van der Waals surface area contributed by atoms with Crippen molar-refractivity contribution >= 4 is 29.4 Å². The Morgan fingerprint density at radius 2 is 2.07 bits per heavy atom. The van der Waals surface area contributed by atoms with Gasteiger partial charge in [0.1, 0.15) is 6.04 Å². The molecule has 3 rings (SSSR count). The van der Waals surface area contributed by atoms with Gasteiger partial charge in [-0.15, -0.1) is 0 Å². The van der Waals surface area contributed by atoms with E-state index in [-0.39, 0.29) is 13.0 Å².